The van der Waals surface area contributed by atoms with E-state index >= 15 is 0 Å². The van der Waals surface area contributed by atoms with Gasteiger partial charge in [0, 0.05) is 6.07 Å². The molecule has 0 unspecified atom stereocenters. The lowest BCUT2D eigenvalue weighted by Gasteiger charge is -2.09. The molecule has 4 aromatic carbocycles. The fraction of sp³-hybridized carbons (Fsp3) is 0.0800. The van der Waals surface area contributed by atoms with Crippen LogP contribution in [0.5, 0.6) is 5.75 Å². The topological polar surface area (TPSA) is 76.8 Å². The molecule has 0 saturated carbocycles. The molecule has 172 valence electrons. The number of anilines is 1. The lowest BCUT2D eigenvalue weighted by Crippen LogP contribution is -2.06. The van der Waals surface area contributed by atoms with Crippen molar-refractivity contribution in [3.05, 3.63) is 112 Å². The molecule has 0 aliphatic carbocycles. The van der Waals surface area contributed by atoms with Crippen LogP contribution >= 0.6 is 0 Å². The predicted octanol–water partition coefficient (Wildman–Crippen LogP) is 6.79. The molecular weight excluding hydrogens is 447 g/mol. The Labute approximate surface area is 192 Å². The van der Waals surface area contributed by atoms with Crippen LogP contribution in [0, 0.1) is 10.1 Å². The third-order valence-electron chi connectivity index (χ3n) is 5.07. The summed E-state index contributed by atoms with van der Waals surface area (Å²) in [4.78, 5) is 10.2. The first-order valence-electron chi connectivity index (χ1n) is 10.2. The van der Waals surface area contributed by atoms with Gasteiger partial charge in [-0.05, 0) is 58.3 Å². The summed E-state index contributed by atoms with van der Waals surface area (Å²) in [7, 11) is 0. The zero-order chi connectivity index (χ0) is 24.1. The number of alkyl halides is 3. The van der Waals surface area contributed by atoms with E-state index in [1.807, 2.05) is 42.5 Å². The third-order valence-corrected chi connectivity index (χ3v) is 5.07. The largest absolute Gasteiger partial charge is 0.489 e. The van der Waals surface area contributed by atoms with Gasteiger partial charge in [0.15, 0.2) is 0 Å². The smallest absolute Gasteiger partial charge is 0.416 e. The van der Waals surface area contributed by atoms with Gasteiger partial charge in [-0.1, -0.05) is 42.5 Å². The summed E-state index contributed by atoms with van der Waals surface area (Å²) >= 11 is 0. The Morgan fingerprint density at radius 2 is 1.71 bits per heavy atom. The average molecular weight is 465 g/mol. The molecule has 0 spiro atoms. The second-order valence-corrected chi connectivity index (χ2v) is 7.35. The van der Waals surface area contributed by atoms with Crippen molar-refractivity contribution in [3.63, 3.8) is 0 Å². The molecular formula is C25H18F3N3O3. The SMILES string of the molecule is O=[N+]([O-])c1cc(C(F)(F)F)ccc1N/N=C\c1ccc(OCc2cccc3ccccc23)cc1. The van der Waals surface area contributed by atoms with Gasteiger partial charge in [0.1, 0.15) is 18.0 Å². The van der Waals surface area contributed by atoms with E-state index in [1.165, 1.54) is 6.21 Å². The van der Waals surface area contributed by atoms with E-state index in [9.17, 15) is 23.3 Å². The molecule has 0 saturated heterocycles. The van der Waals surface area contributed by atoms with Crippen LogP contribution in [0.3, 0.4) is 0 Å². The molecule has 1 N–H and O–H groups in total. The number of hydrazone groups is 1. The molecule has 0 fully saturated rings. The van der Waals surface area contributed by atoms with Crippen LogP contribution in [0.15, 0.2) is 90.0 Å². The summed E-state index contributed by atoms with van der Waals surface area (Å²) in [6.07, 6.45) is -3.28. The van der Waals surface area contributed by atoms with Crippen LogP contribution in [0.1, 0.15) is 16.7 Å². The van der Waals surface area contributed by atoms with Crippen molar-refractivity contribution in [3.8, 4) is 5.75 Å². The minimum Gasteiger partial charge on any atom is -0.489 e. The zero-order valence-corrected chi connectivity index (χ0v) is 17.6. The van der Waals surface area contributed by atoms with Crippen LogP contribution in [-0.4, -0.2) is 11.1 Å². The maximum atomic E-state index is 12.8. The lowest BCUT2D eigenvalue weighted by atomic mass is 10.1. The molecule has 0 heterocycles. The van der Waals surface area contributed by atoms with Crippen molar-refractivity contribution >= 4 is 28.4 Å². The molecule has 6 nitrogen and oxygen atoms in total. The number of rotatable bonds is 7. The van der Waals surface area contributed by atoms with Gasteiger partial charge in [0.25, 0.3) is 5.69 Å². The van der Waals surface area contributed by atoms with Gasteiger partial charge >= 0.3 is 6.18 Å². The van der Waals surface area contributed by atoms with Gasteiger partial charge in [-0.15, -0.1) is 0 Å². The minimum atomic E-state index is -4.68. The number of halogens is 3. The van der Waals surface area contributed by atoms with E-state index < -0.39 is 22.4 Å². The molecule has 4 aromatic rings. The van der Waals surface area contributed by atoms with Crippen molar-refractivity contribution in [2.45, 2.75) is 12.8 Å². The predicted molar refractivity (Wildman–Crippen MR) is 124 cm³/mol. The maximum Gasteiger partial charge on any atom is 0.416 e. The number of fused-ring (bicyclic) bond motifs is 1. The quantitative estimate of drug-likeness (QED) is 0.185. The molecule has 0 aliphatic rings. The van der Waals surface area contributed by atoms with E-state index in [0.29, 0.717) is 24.0 Å². The van der Waals surface area contributed by atoms with Crippen molar-refractivity contribution in [2.24, 2.45) is 5.10 Å². The Balaban J connectivity index is 1.40. The normalized spacial score (nSPS) is 11.6. The van der Waals surface area contributed by atoms with E-state index in [2.05, 4.69) is 10.5 Å². The number of nitro groups is 1. The van der Waals surface area contributed by atoms with Crippen molar-refractivity contribution in [1.82, 2.24) is 0 Å². The molecule has 0 bridgehead atoms. The number of nitrogens with zero attached hydrogens (tertiary/aromatic N) is 2. The van der Waals surface area contributed by atoms with Crippen molar-refractivity contribution < 1.29 is 22.8 Å². The second-order valence-electron chi connectivity index (χ2n) is 7.35. The molecule has 4 rings (SSSR count). The average Bonchev–Trinajstić information content (AvgIpc) is 2.83. The monoisotopic (exact) mass is 465 g/mol. The molecule has 0 radical (unpaired) electrons. The summed E-state index contributed by atoms with van der Waals surface area (Å²) in [5, 5.41) is 17.3. The maximum absolute atomic E-state index is 12.8. The fourth-order valence-corrected chi connectivity index (χ4v) is 3.36. The minimum absolute atomic E-state index is 0.149. The Bertz CT molecular complexity index is 1350. The second kappa shape index (κ2) is 9.62. The summed E-state index contributed by atoms with van der Waals surface area (Å²) in [6, 6.07) is 23.3. The number of ether oxygens (including phenoxy) is 1. The van der Waals surface area contributed by atoms with Gasteiger partial charge in [0.05, 0.1) is 16.7 Å². The number of hydrogen-bond acceptors (Lipinski definition) is 5. The summed E-state index contributed by atoms with van der Waals surface area (Å²) in [6.45, 7) is 0.397. The number of benzene rings is 4. The first-order valence-corrected chi connectivity index (χ1v) is 10.2. The van der Waals surface area contributed by atoms with Gasteiger partial charge in [0.2, 0.25) is 0 Å². The third kappa shape index (κ3) is 5.32. The Hall–Kier alpha value is -4.40. The number of nitrogens with one attached hydrogen (secondary N) is 1. The first kappa shape index (κ1) is 22.8. The van der Waals surface area contributed by atoms with Gasteiger partial charge < -0.3 is 4.74 Å². The molecule has 0 atom stereocenters. The number of nitro benzene ring substituents is 1. The Kier molecular flexibility index (Phi) is 6.44. The highest BCUT2D eigenvalue weighted by Crippen LogP contribution is 2.35. The highest BCUT2D eigenvalue weighted by Gasteiger charge is 2.33. The fourth-order valence-electron chi connectivity index (χ4n) is 3.36. The summed E-state index contributed by atoms with van der Waals surface area (Å²) in [5.74, 6) is 0.649. The standard InChI is InChI=1S/C25H18F3N3O3/c26-25(27,28)20-10-13-23(24(14-20)31(32)33)30-29-15-17-8-11-21(12-9-17)34-16-19-6-3-5-18-4-1-2-7-22(18)19/h1-15,30H,16H2/b29-15-. The summed E-state index contributed by atoms with van der Waals surface area (Å²) in [5.41, 5.74) is 2.19. The van der Waals surface area contributed by atoms with E-state index in [1.54, 1.807) is 24.3 Å². The lowest BCUT2D eigenvalue weighted by molar-refractivity contribution is -0.384. The Morgan fingerprint density at radius 3 is 2.44 bits per heavy atom. The first-order chi connectivity index (χ1) is 16.3. The highest BCUT2D eigenvalue weighted by molar-refractivity contribution is 5.85. The van der Waals surface area contributed by atoms with Crippen LogP contribution in [0.4, 0.5) is 24.5 Å². The number of hydrogen-bond donors (Lipinski definition) is 1. The zero-order valence-electron chi connectivity index (χ0n) is 17.6. The van der Waals surface area contributed by atoms with Gasteiger partial charge in [-0.2, -0.15) is 18.3 Å². The Morgan fingerprint density at radius 1 is 0.971 bits per heavy atom. The molecule has 0 amide bonds. The molecule has 0 aliphatic heterocycles. The van der Waals surface area contributed by atoms with Crippen molar-refractivity contribution in [2.75, 3.05) is 5.43 Å². The molecule has 34 heavy (non-hydrogen) atoms. The summed E-state index contributed by atoms with van der Waals surface area (Å²) < 4.78 is 44.3. The van der Waals surface area contributed by atoms with Crippen LogP contribution in [0.2, 0.25) is 0 Å². The van der Waals surface area contributed by atoms with Crippen LogP contribution in [-0.2, 0) is 12.8 Å². The van der Waals surface area contributed by atoms with E-state index in [0.717, 1.165) is 28.5 Å². The molecule has 9 heteroatoms. The van der Waals surface area contributed by atoms with E-state index in [-0.39, 0.29) is 5.69 Å². The van der Waals surface area contributed by atoms with Crippen molar-refractivity contribution in [1.29, 1.82) is 0 Å². The van der Waals surface area contributed by atoms with Crippen LogP contribution in [0.25, 0.3) is 10.8 Å². The van der Waals surface area contributed by atoms with Gasteiger partial charge in [-0.25, -0.2) is 0 Å². The van der Waals surface area contributed by atoms with Gasteiger partial charge in [-0.3, -0.25) is 15.5 Å². The van der Waals surface area contributed by atoms with E-state index in [4.69, 9.17) is 4.74 Å². The molecule has 0 aromatic heterocycles. The van der Waals surface area contributed by atoms with Crippen LogP contribution < -0.4 is 10.2 Å². The highest BCUT2D eigenvalue weighted by atomic mass is 19.4.